The maximum atomic E-state index is 10.8. The summed E-state index contributed by atoms with van der Waals surface area (Å²) in [6.45, 7) is 0.690. The molecular weight excluding hydrogens is 374 g/mol. The van der Waals surface area contributed by atoms with E-state index >= 15 is 0 Å². The van der Waals surface area contributed by atoms with Crippen molar-refractivity contribution in [1.29, 1.82) is 0 Å². The summed E-state index contributed by atoms with van der Waals surface area (Å²) in [4.78, 5) is 15.2. The molecule has 7 heteroatoms. The third-order valence-corrected chi connectivity index (χ3v) is 4.67. The lowest BCUT2D eigenvalue weighted by Crippen LogP contribution is -2.09. The molecule has 5 nitrogen and oxygen atoms in total. The summed E-state index contributed by atoms with van der Waals surface area (Å²) in [5.41, 5.74) is 1.36. The monoisotopic (exact) mass is 389 g/mol. The van der Waals surface area contributed by atoms with Crippen molar-refractivity contribution in [2.24, 2.45) is 0 Å². The Labute approximate surface area is 159 Å². The van der Waals surface area contributed by atoms with Crippen LogP contribution in [0.2, 0.25) is 5.02 Å². The van der Waals surface area contributed by atoms with Gasteiger partial charge in [-0.25, -0.2) is 4.98 Å². The Balaban J connectivity index is 1.63. The minimum atomic E-state index is -0.900. The van der Waals surface area contributed by atoms with Gasteiger partial charge < -0.3 is 14.6 Å². The molecule has 1 N–H and O–H groups in total. The van der Waals surface area contributed by atoms with Crippen molar-refractivity contribution in [3.05, 3.63) is 64.6 Å². The van der Waals surface area contributed by atoms with Gasteiger partial charge in [-0.1, -0.05) is 35.9 Å². The Hall–Kier alpha value is -2.57. The molecular formula is C19H16ClNO4S. The second-order valence-corrected chi connectivity index (χ2v) is 6.60. The number of rotatable bonds is 8. The van der Waals surface area contributed by atoms with Crippen LogP contribution in [0.4, 0.5) is 0 Å². The molecule has 0 atom stereocenters. The van der Waals surface area contributed by atoms with Crippen LogP contribution in [-0.2, 0) is 11.2 Å². The van der Waals surface area contributed by atoms with Crippen LogP contribution in [0.25, 0.3) is 10.6 Å². The molecule has 3 rings (SSSR count). The molecule has 0 saturated heterocycles. The van der Waals surface area contributed by atoms with Crippen LogP contribution in [-0.4, -0.2) is 29.3 Å². The Morgan fingerprint density at radius 2 is 1.69 bits per heavy atom. The fourth-order valence-electron chi connectivity index (χ4n) is 2.30. The van der Waals surface area contributed by atoms with Gasteiger partial charge in [0, 0.05) is 5.38 Å². The molecule has 3 aromatic rings. The van der Waals surface area contributed by atoms with Gasteiger partial charge in [-0.2, -0.15) is 0 Å². The molecule has 0 unspecified atom stereocenters. The molecule has 2 aromatic carbocycles. The Kier molecular flexibility index (Phi) is 6.09. The second-order valence-electron chi connectivity index (χ2n) is 5.34. The third-order valence-electron chi connectivity index (χ3n) is 3.44. The van der Waals surface area contributed by atoms with Crippen molar-refractivity contribution in [2.45, 2.75) is 6.42 Å². The number of aliphatic carboxylic acids is 1. The zero-order valence-electron chi connectivity index (χ0n) is 13.7. The summed E-state index contributed by atoms with van der Waals surface area (Å²) in [5, 5.41) is 11.9. The van der Waals surface area contributed by atoms with Gasteiger partial charge in [-0.3, -0.25) is 4.79 Å². The van der Waals surface area contributed by atoms with Crippen LogP contribution < -0.4 is 9.47 Å². The largest absolute Gasteiger partial charge is 0.489 e. The van der Waals surface area contributed by atoms with Crippen molar-refractivity contribution in [3.8, 4) is 22.1 Å². The predicted octanol–water partition coefficient (Wildman–Crippen LogP) is 4.55. The summed E-state index contributed by atoms with van der Waals surface area (Å²) in [6.07, 6.45) is -0.0921. The summed E-state index contributed by atoms with van der Waals surface area (Å²) >= 11 is 7.44. The first kappa shape index (κ1) is 18.2. The number of carboxylic acid groups (broad SMARTS) is 1. The lowest BCUT2D eigenvalue weighted by Gasteiger charge is -2.11. The van der Waals surface area contributed by atoms with Gasteiger partial charge in [0.05, 0.1) is 22.7 Å². The first-order valence-electron chi connectivity index (χ1n) is 7.89. The molecule has 0 aliphatic heterocycles. The molecule has 26 heavy (non-hydrogen) atoms. The summed E-state index contributed by atoms with van der Waals surface area (Å²) < 4.78 is 11.4. The predicted molar refractivity (Wildman–Crippen MR) is 101 cm³/mol. The highest BCUT2D eigenvalue weighted by molar-refractivity contribution is 7.13. The average molecular weight is 390 g/mol. The smallest absolute Gasteiger partial charge is 0.309 e. The van der Waals surface area contributed by atoms with Crippen LogP contribution in [0.15, 0.2) is 53.9 Å². The number of para-hydroxylation sites is 2. The van der Waals surface area contributed by atoms with E-state index in [-0.39, 0.29) is 6.42 Å². The first-order chi connectivity index (χ1) is 12.6. The van der Waals surface area contributed by atoms with Crippen LogP contribution in [0, 0.1) is 0 Å². The second kappa shape index (κ2) is 8.69. The van der Waals surface area contributed by atoms with Crippen LogP contribution in [0.1, 0.15) is 5.69 Å². The highest BCUT2D eigenvalue weighted by Gasteiger charge is 2.12. The van der Waals surface area contributed by atoms with Crippen LogP contribution >= 0.6 is 22.9 Å². The van der Waals surface area contributed by atoms with E-state index in [0.717, 1.165) is 10.6 Å². The summed E-state index contributed by atoms with van der Waals surface area (Å²) in [5.74, 6) is 0.388. The molecule has 0 saturated carbocycles. The Bertz CT molecular complexity index is 897. The quantitative estimate of drug-likeness (QED) is 0.572. The van der Waals surface area contributed by atoms with Crippen molar-refractivity contribution in [3.63, 3.8) is 0 Å². The van der Waals surface area contributed by atoms with Crippen LogP contribution in [0.3, 0.4) is 0 Å². The standard InChI is InChI=1S/C19H16ClNO4S/c20-15-6-2-4-8-17(15)25-10-9-24-16-7-3-1-5-14(16)19-21-13(12-26-19)11-18(22)23/h1-8,12H,9-11H2,(H,22,23). The molecule has 0 aliphatic rings. The number of ether oxygens (including phenoxy) is 2. The van der Waals surface area contributed by atoms with Gasteiger partial charge in [0.1, 0.15) is 29.7 Å². The molecule has 0 fully saturated rings. The number of benzene rings is 2. The van der Waals surface area contributed by atoms with E-state index in [1.165, 1.54) is 11.3 Å². The van der Waals surface area contributed by atoms with Gasteiger partial charge in [0.15, 0.2) is 0 Å². The normalized spacial score (nSPS) is 10.5. The average Bonchev–Trinajstić information content (AvgIpc) is 3.08. The number of carbonyl (C=O) groups is 1. The minimum Gasteiger partial charge on any atom is -0.489 e. The molecule has 1 aromatic heterocycles. The number of hydrogen-bond donors (Lipinski definition) is 1. The number of aromatic nitrogens is 1. The maximum Gasteiger partial charge on any atom is 0.309 e. The van der Waals surface area contributed by atoms with Gasteiger partial charge in [-0.05, 0) is 24.3 Å². The van der Waals surface area contributed by atoms with Crippen molar-refractivity contribution < 1.29 is 19.4 Å². The van der Waals surface area contributed by atoms with Gasteiger partial charge in [0.25, 0.3) is 0 Å². The number of thiazole rings is 1. The van der Waals surface area contributed by atoms with E-state index in [1.54, 1.807) is 17.5 Å². The van der Waals surface area contributed by atoms with Crippen molar-refractivity contribution in [1.82, 2.24) is 4.98 Å². The lowest BCUT2D eigenvalue weighted by atomic mass is 10.2. The van der Waals surface area contributed by atoms with E-state index in [4.69, 9.17) is 26.2 Å². The third kappa shape index (κ3) is 4.74. The van der Waals surface area contributed by atoms with Crippen molar-refractivity contribution >= 4 is 28.9 Å². The minimum absolute atomic E-state index is 0.0921. The van der Waals surface area contributed by atoms with Crippen molar-refractivity contribution in [2.75, 3.05) is 13.2 Å². The van der Waals surface area contributed by atoms with Crippen LogP contribution in [0.5, 0.6) is 11.5 Å². The molecule has 0 amide bonds. The fourth-order valence-corrected chi connectivity index (χ4v) is 3.34. The highest BCUT2D eigenvalue weighted by Crippen LogP contribution is 2.32. The molecule has 0 spiro atoms. The lowest BCUT2D eigenvalue weighted by molar-refractivity contribution is -0.136. The Morgan fingerprint density at radius 3 is 2.42 bits per heavy atom. The molecule has 0 aliphatic carbocycles. The number of carboxylic acids is 1. The van der Waals surface area contributed by atoms with Gasteiger partial charge in [-0.15, -0.1) is 11.3 Å². The number of halogens is 1. The van der Waals surface area contributed by atoms with E-state index in [1.807, 2.05) is 36.4 Å². The van der Waals surface area contributed by atoms with E-state index < -0.39 is 5.97 Å². The van der Waals surface area contributed by atoms with E-state index in [9.17, 15) is 4.79 Å². The Morgan fingerprint density at radius 1 is 1.04 bits per heavy atom. The maximum absolute atomic E-state index is 10.8. The summed E-state index contributed by atoms with van der Waals surface area (Å²) in [6, 6.07) is 14.8. The number of hydrogen-bond acceptors (Lipinski definition) is 5. The molecule has 134 valence electrons. The highest BCUT2D eigenvalue weighted by atomic mass is 35.5. The van der Waals surface area contributed by atoms with E-state index in [0.29, 0.717) is 35.4 Å². The zero-order valence-corrected chi connectivity index (χ0v) is 15.3. The molecule has 0 bridgehead atoms. The van der Waals surface area contributed by atoms with Gasteiger partial charge >= 0.3 is 5.97 Å². The molecule has 0 radical (unpaired) electrons. The SMILES string of the molecule is O=C(O)Cc1csc(-c2ccccc2OCCOc2ccccc2Cl)n1. The van der Waals surface area contributed by atoms with E-state index in [2.05, 4.69) is 4.98 Å². The topological polar surface area (TPSA) is 68.7 Å². The fraction of sp³-hybridized carbons (Fsp3) is 0.158. The molecule has 1 heterocycles. The number of nitrogens with zero attached hydrogens (tertiary/aromatic N) is 1. The first-order valence-corrected chi connectivity index (χ1v) is 9.15. The zero-order chi connectivity index (χ0) is 18.4. The van der Waals surface area contributed by atoms with Gasteiger partial charge in [0.2, 0.25) is 0 Å². The summed E-state index contributed by atoms with van der Waals surface area (Å²) in [7, 11) is 0.